The largest absolute Gasteiger partial charge is 0.492 e. The molecule has 0 fully saturated rings. The Hall–Kier alpha value is -2.62. The summed E-state index contributed by atoms with van der Waals surface area (Å²) in [4.78, 5) is 4.75. The van der Waals surface area contributed by atoms with Crippen LogP contribution in [0.2, 0.25) is 0 Å². The molecule has 1 aromatic heterocycles. The molecule has 1 heterocycles. The van der Waals surface area contributed by atoms with Crippen molar-refractivity contribution in [2.75, 3.05) is 19.7 Å². The number of nitrogens with zero attached hydrogens (tertiary/aromatic N) is 4. The van der Waals surface area contributed by atoms with Crippen LogP contribution in [0.5, 0.6) is 5.75 Å². The molecule has 0 bridgehead atoms. The number of aliphatic imine (C=N–C) groups is 1. The molecule has 0 spiro atoms. The summed E-state index contributed by atoms with van der Waals surface area (Å²) < 4.78 is 7.82. The first-order valence-corrected chi connectivity index (χ1v) is 10.4. The summed E-state index contributed by atoms with van der Waals surface area (Å²) in [6, 6.07) is 20.3. The maximum absolute atomic E-state index is 5.77. The molecule has 1 atom stereocenters. The van der Waals surface area contributed by atoms with E-state index in [2.05, 4.69) is 46.8 Å². The van der Waals surface area contributed by atoms with Crippen molar-refractivity contribution in [2.45, 2.75) is 32.9 Å². The molecule has 7 nitrogen and oxygen atoms in total. The number of guanidine groups is 1. The molecule has 8 heteroatoms. The van der Waals surface area contributed by atoms with Crippen LogP contribution >= 0.6 is 24.0 Å². The SMILES string of the molecule is CCc1nncn1CCN=C(NCCOc1ccccc1)NC(C)c1ccccc1.I. The van der Waals surface area contributed by atoms with Gasteiger partial charge in [-0.05, 0) is 24.6 Å². The van der Waals surface area contributed by atoms with Gasteiger partial charge in [-0.2, -0.15) is 0 Å². The third-order valence-corrected chi connectivity index (χ3v) is 4.68. The molecule has 1 unspecified atom stereocenters. The van der Waals surface area contributed by atoms with E-state index in [4.69, 9.17) is 9.73 Å². The highest BCUT2D eigenvalue weighted by molar-refractivity contribution is 14.0. The maximum atomic E-state index is 5.77. The van der Waals surface area contributed by atoms with Crippen LogP contribution in [0, 0.1) is 0 Å². The Labute approximate surface area is 201 Å². The fraction of sp³-hybridized carbons (Fsp3) is 0.348. The third kappa shape index (κ3) is 8.20. The Morgan fingerprint density at radius 1 is 1.10 bits per heavy atom. The molecule has 0 aliphatic heterocycles. The molecule has 3 aromatic rings. The third-order valence-electron chi connectivity index (χ3n) is 4.68. The highest BCUT2D eigenvalue weighted by Gasteiger charge is 2.08. The van der Waals surface area contributed by atoms with E-state index in [0.717, 1.165) is 30.5 Å². The first-order valence-electron chi connectivity index (χ1n) is 10.4. The topological polar surface area (TPSA) is 76.4 Å². The maximum Gasteiger partial charge on any atom is 0.191 e. The van der Waals surface area contributed by atoms with Crippen LogP contribution in [0.1, 0.15) is 31.3 Å². The minimum absolute atomic E-state index is 0. The Bertz CT molecular complexity index is 901. The molecule has 0 aliphatic rings. The summed E-state index contributed by atoms with van der Waals surface area (Å²) in [6.07, 6.45) is 2.62. The summed E-state index contributed by atoms with van der Waals surface area (Å²) >= 11 is 0. The second-order valence-electron chi connectivity index (χ2n) is 6.89. The van der Waals surface area contributed by atoms with E-state index in [1.807, 2.05) is 53.1 Å². The van der Waals surface area contributed by atoms with Gasteiger partial charge in [0, 0.05) is 13.0 Å². The van der Waals surface area contributed by atoms with Gasteiger partial charge in [-0.15, -0.1) is 34.2 Å². The number of para-hydroxylation sites is 1. The Morgan fingerprint density at radius 3 is 2.52 bits per heavy atom. The summed E-state index contributed by atoms with van der Waals surface area (Å²) in [6.45, 7) is 6.77. The Kier molecular flexibility index (Phi) is 10.8. The average molecular weight is 534 g/mol. The van der Waals surface area contributed by atoms with Crippen molar-refractivity contribution in [3.05, 3.63) is 78.4 Å². The van der Waals surface area contributed by atoms with Crippen molar-refractivity contribution in [1.82, 2.24) is 25.4 Å². The Balaban J connectivity index is 0.00000341. The van der Waals surface area contributed by atoms with Gasteiger partial charge in [0.15, 0.2) is 5.96 Å². The average Bonchev–Trinajstić information content (AvgIpc) is 3.25. The van der Waals surface area contributed by atoms with Crippen LogP contribution in [0.15, 0.2) is 72.0 Å². The summed E-state index contributed by atoms with van der Waals surface area (Å²) in [7, 11) is 0. The number of aryl methyl sites for hydroxylation is 1. The monoisotopic (exact) mass is 534 g/mol. The molecule has 0 radical (unpaired) electrons. The van der Waals surface area contributed by atoms with Gasteiger partial charge in [-0.1, -0.05) is 55.5 Å². The summed E-state index contributed by atoms with van der Waals surface area (Å²) in [5, 5.41) is 15.0. The van der Waals surface area contributed by atoms with Crippen molar-refractivity contribution < 1.29 is 4.74 Å². The van der Waals surface area contributed by atoms with Crippen LogP contribution < -0.4 is 15.4 Å². The fourth-order valence-electron chi connectivity index (χ4n) is 3.05. The lowest BCUT2D eigenvalue weighted by Gasteiger charge is -2.19. The van der Waals surface area contributed by atoms with E-state index in [0.29, 0.717) is 19.7 Å². The number of nitrogens with one attached hydrogen (secondary N) is 2. The van der Waals surface area contributed by atoms with Crippen molar-refractivity contribution in [3.63, 3.8) is 0 Å². The lowest BCUT2D eigenvalue weighted by Crippen LogP contribution is -2.40. The van der Waals surface area contributed by atoms with Gasteiger partial charge in [0.2, 0.25) is 0 Å². The first-order chi connectivity index (χ1) is 14.8. The van der Waals surface area contributed by atoms with Crippen LogP contribution in [0.3, 0.4) is 0 Å². The molecule has 166 valence electrons. The highest BCUT2D eigenvalue weighted by atomic mass is 127. The minimum atomic E-state index is 0. The number of halogens is 1. The molecule has 2 aromatic carbocycles. The van der Waals surface area contributed by atoms with Gasteiger partial charge in [0.25, 0.3) is 0 Å². The van der Waals surface area contributed by atoms with Crippen LogP contribution in [0.25, 0.3) is 0 Å². The number of benzene rings is 2. The molecule has 0 aliphatic carbocycles. The van der Waals surface area contributed by atoms with E-state index in [1.165, 1.54) is 5.56 Å². The fourth-order valence-corrected chi connectivity index (χ4v) is 3.05. The number of rotatable bonds is 10. The summed E-state index contributed by atoms with van der Waals surface area (Å²) in [5.41, 5.74) is 1.21. The highest BCUT2D eigenvalue weighted by Crippen LogP contribution is 2.11. The van der Waals surface area contributed by atoms with Crippen molar-refractivity contribution >= 4 is 29.9 Å². The predicted octanol–water partition coefficient (Wildman–Crippen LogP) is 3.83. The second kappa shape index (κ2) is 13.6. The summed E-state index contributed by atoms with van der Waals surface area (Å²) in [5.74, 6) is 2.60. The first kappa shape index (κ1) is 24.6. The second-order valence-corrected chi connectivity index (χ2v) is 6.89. The Morgan fingerprint density at radius 2 is 1.81 bits per heavy atom. The molecule has 0 saturated carbocycles. The van der Waals surface area contributed by atoms with Gasteiger partial charge >= 0.3 is 0 Å². The molecular formula is C23H31IN6O. The smallest absolute Gasteiger partial charge is 0.191 e. The number of aromatic nitrogens is 3. The molecule has 3 rings (SSSR count). The minimum Gasteiger partial charge on any atom is -0.492 e. The molecule has 2 N–H and O–H groups in total. The molecular weight excluding hydrogens is 503 g/mol. The van der Waals surface area contributed by atoms with Gasteiger partial charge in [0.1, 0.15) is 24.5 Å². The molecule has 0 saturated heterocycles. The normalized spacial score (nSPS) is 12.0. The van der Waals surface area contributed by atoms with Crippen LogP contribution in [-0.2, 0) is 13.0 Å². The van der Waals surface area contributed by atoms with Gasteiger partial charge in [0.05, 0.1) is 19.1 Å². The number of hydrogen-bond donors (Lipinski definition) is 2. The van der Waals surface area contributed by atoms with Crippen molar-refractivity contribution in [2.24, 2.45) is 4.99 Å². The van der Waals surface area contributed by atoms with Gasteiger partial charge in [-0.25, -0.2) is 0 Å². The zero-order chi connectivity index (χ0) is 21.0. The lowest BCUT2D eigenvalue weighted by molar-refractivity contribution is 0.321. The zero-order valence-corrected chi connectivity index (χ0v) is 20.4. The quantitative estimate of drug-likeness (QED) is 0.179. The lowest BCUT2D eigenvalue weighted by atomic mass is 10.1. The van der Waals surface area contributed by atoms with Crippen molar-refractivity contribution in [3.8, 4) is 5.75 Å². The number of hydrogen-bond acceptors (Lipinski definition) is 4. The number of ether oxygens (including phenoxy) is 1. The molecule has 0 amide bonds. The van der Waals surface area contributed by atoms with Gasteiger partial charge in [-0.3, -0.25) is 4.99 Å². The van der Waals surface area contributed by atoms with Crippen LogP contribution in [0.4, 0.5) is 0 Å². The van der Waals surface area contributed by atoms with Gasteiger partial charge < -0.3 is 19.9 Å². The van der Waals surface area contributed by atoms with E-state index in [9.17, 15) is 0 Å². The van der Waals surface area contributed by atoms with E-state index in [1.54, 1.807) is 6.33 Å². The predicted molar refractivity (Wildman–Crippen MR) is 135 cm³/mol. The zero-order valence-electron chi connectivity index (χ0n) is 18.1. The van der Waals surface area contributed by atoms with Crippen LogP contribution in [-0.4, -0.2) is 40.4 Å². The van der Waals surface area contributed by atoms with E-state index < -0.39 is 0 Å². The van der Waals surface area contributed by atoms with E-state index >= 15 is 0 Å². The van der Waals surface area contributed by atoms with E-state index in [-0.39, 0.29) is 30.0 Å². The molecule has 31 heavy (non-hydrogen) atoms. The van der Waals surface area contributed by atoms with Crippen molar-refractivity contribution in [1.29, 1.82) is 0 Å². The standard InChI is InChI=1S/C23H30N6O.HI/c1-3-22-28-26-18-29(22)16-14-24-23(27-19(2)20-10-6-4-7-11-20)25-15-17-30-21-12-8-5-9-13-21;/h4-13,18-19H,3,14-17H2,1-2H3,(H2,24,25,27);1H.